The number of hydrogen-bond donors (Lipinski definition) is 1. The van der Waals surface area contributed by atoms with Crippen molar-refractivity contribution in [3.63, 3.8) is 0 Å². The first kappa shape index (κ1) is 21.4. The van der Waals surface area contributed by atoms with Crippen LogP contribution in [-0.4, -0.2) is 30.3 Å². The fraction of sp³-hybridized carbons (Fsp3) is 0.217. The van der Waals surface area contributed by atoms with Gasteiger partial charge >= 0.3 is 6.18 Å². The molecule has 3 aromatic rings. The molecule has 0 aliphatic rings. The van der Waals surface area contributed by atoms with Gasteiger partial charge in [0.1, 0.15) is 0 Å². The fourth-order valence-electron chi connectivity index (χ4n) is 3.20. The monoisotopic (exact) mass is 414 g/mol. The Morgan fingerprint density at radius 2 is 1.67 bits per heavy atom. The molecule has 1 N–H and O–H groups in total. The van der Waals surface area contributed by atoms with Crippen LogP contribution in [0.15, 0.2) is 66.7 Å². The van der Waals surface area contributed by atoms with Crippen molar-refractivity contribution >= 4 is 22.6 Å². The lowest BCUT2D eigenvalue weighted by atomic mass is 10.0. The number of halogens is 3. The number of likely N-dealkylation sites (N-methyl/N-ethyl adjacent to an activating group) is 1. The summed E-state index contributed by atoms with van der Waals surface area (Å²) in [5.41, 5.74) is 0.461. The number of rotatable bonds is 6. The molecule has 30 heavy (non-hydrogen) atoms. The Labute approximate surface area is 172 Å². The van der Waals surface area contributed by atoms with Crippen LogP contribution in [0.4, 0.5) is 13.2 Å². The van der Waals surface area contributed by atoms with E-state index in [1.807, 2.05) is 42.5 Å². The van der Waals surface area contributed by atoms with E-state index >= 15 is 0 Å². The summed E-state index contributed by atoms with van der Waals surface area (Å²) in [6, 6.07) is 18.3. The van der Waals surface area contributed by atoms with Gasteiger partial charge in [0.15, 0.2) is 0 Å². The third kappa shape index (κ3) is 5.37. The van der Waals surface area contributed by atoms with E-state index in [2.05, 4.69) is 5.32 Å². The summed E-state index contributed by atoms with van der Waals surface area (Å²) < 4.78 is 38.5. The first-order valence-electron chi connectivity index (χ1n) is 9.37. The third-order valence-corrected chi connectivity index (χ3v) is 4.77. The predicted molar refractivity (Wildman–Crippen MR) is 109 cm³/mol. The Kier molecular flexibility index (Phi) is 6.40. The second kappa shape index (κ2) is 8.98. The van der Waals surface area contributed by atoms with Crippen LogP contribution in [0, 0.1) is 0 Å². The van der Waals surface area contributed by atoms with Crippen molar-refractivity contribution in [1.29, 1.82) is 0 Å². The van der Waals surface area contributed by atoms with E-state index in [0.717, 1.165) is 28.5 Å². The maximum absolute atomic E-state index is 12.8. The minimum absolute atomic E-state index is 0.0158. The van der Waals surface area contributed by atoms with Gasteiger partial charge in [0.2, 0.25) is 11.8 Å². The highest BCUT2D eigenvalue weighted by Gasteiger charge is 2.30. The predicted octanol–water partition coefficient (Wildman–Crippen LogP) is 4.18. The average Bonchev–Trinajstić information content (AvgIpc) is 2.72. The minimum atomic E-state index is -4.44. The minimum Gasteiger partial charge on any atom is -0.347 e. The van der Waals surface area contributed by atoms with Crippen LogP contribution in [0.25, 0.3) is 10.8 Å². The van der Waals surface area contributed by atoms with Gasteiger partial charge in [0.25, 0.3) is 0 Å². The van der Waals surface area contributed by atoms with E-state index in [0.29, 0.717) is 5.56 Å². The van der Waals surface area contributed by atoms with Crippen molar-refractivity contribution in [2.24, 2.45) is 0 Å². The van der Waals surface area contributed by atoms with Crippen LogP contribution in [0.2, 0.25) is 0 Å². The summed E-state index contributed by atoms with van der Waals surface area (Å²) in [6.07, 6.45) is -4.31. The molecule has 0 saturated carbocycles. The summed E-state index contributed by atoms with van der Waals surface area (Å²) in [6.45, 7) is -0.207. The molecule has 0 atom stereocenters. The molecule has 4 nitrogen and oxygen atoms in total. The first-order chi connectivity index (χ1) is 14.2. The molecule has 0 aliphatic carbocycles. The standard InChI is InChI=1S/C23H21F3N2O2/c1-28(15-16-6-4-10-19(12-16)23(24,25)26)22(30)14-27-21(29)13-18-9-5-8-17-7-2-3-11-20(17)18/h2-12H,13-15H2,1H3,(H,27,29). The normalized spacial score (nSPS) is 11.3. The number of fused-ring (bicyclic) bond motifs is 1. The van der Waals surface area contributed by atoms with Crippen LogP contribution in [0.1, 0.15) is 16.7 Å². The zero-order chi connectivity index (χ0) is 21.7. The maximum Gasteiger partial charge on any atom is 0.416 e. The molecule has 0 spiro atoms. The molecule has 0 saturated heterocycles. The molecule has 0 aliphatic heterocycles. The summed E-state index contributed by atoms with van der Waals surface area (Å²) in [4.78, 5) is 25.9. The molecule has 0 heterocycles. The van der Waals surface area contributed by atoms with E-state index in [4.69, 9.17) is 0 Å². The third-order valence-electron chi connectivity index (χ3n) is 4.77. The highest BCUT2D eigenvalue weighted by molar-refractivity contribution is 5.91. The molecule has 3 aromatic carbocycles. The number of benzene rings is 3. The van der Waals surface area contributed by atoms with Crippen molar-refractivity contribution in [3.8, 4) is 0 Å². The van der Waals surface area contributed by atoms with E-state index in [1.165, 1.54) is 24.1 Å². The Hall–Kier alpha value is -3.35. The summed E-state index contributed by atoms with van der Waals surface area (Å²) in [5, 5.41) is 4.59. The van der Waals surface area contributed by atoms with Crippen molar-refractivity contribution in [3.05, 3.63) is 83.4 Å². The molecule has 0 fully saturated rings. The smallest absolute Gasteiger partial charge is 0.347 e. The Bertz CT molecular complexity index is 1060. The lowest BCUT2D eigenvalue weighted by Crippen LogP contribution is -2.38. The number of amides is 2. The lowest BCUT2D eigenvalue weighted by Gasteiger charge is -2.18. The Balaban J connectivity index is 1.55. The molecule has 156 valence electrons. The number of carbonyl (C=O) groups excluding carboxylic acids is 2. The fourth-order valence-corrected chi connectivity index (χ4v) is 3.20. The SMILES string of the molecule is CN(Cc1cccc(C(F)(F)F)c1)C(=O)CNC(=O)Cc1cccc2ccccc12. The topological polar surface area (TPSA) is 49.4 Å². The van der Waals surface area contributed by atoms with Crippen LogP contribution >= 0.6 is 0 Å². The van der Waals surface area contributed by atoms with Crippen molar-refractivity contribution < 1.29 is 22.8 Å². The molecule has 0 bridgehead atoms. The van der Waals surface area contributed by atoms with Crippen LogP contribution in [-0.2, 0) is 28.7 Å². The van der Waals surface area contributed by atoms with Gasteiger partial charge in [-0.25, -0.2) is 0 Å². The van der Waals surface area contributed by atoms with Gasteiger partial charge in [-0.2, -0.15) is 13.2 Å². The second-order valence-electron chi connectivity index (χ2n) is 7.04. The Morgan fingerprint density at radius 3 is 2.43 bits per heavy atom. The molecular formula is C23H21F3N2O2. The van der Waals surface area contributed by atoms with Gasteiger partial charge in [0, 0.05) is 13.6 Å². The van der Waals surface area contributed by atoms with Crippen LogP contribution in [0.3, 0.4) is 0 Å². The molecule has 0 aromatic heterocycles. The van der Waals surface area contributed by atoms with Gasteiger partial charge in [0.05, 0.1) is 18.5 Å². The largest absolute Gasteiger partial charge is 0.416 e. The zero-order valence-corrected chi connectivity index (χ0v) is 16.4. The first-order valence-corrected chi connectivity index (χ1v) is 9.37. The maximum atomic E-state index is 12.8. The lowest BCUT2D eigenvalue weighted by molar-refractivity contribution is -0.137. The molecule has 7 heteroatoms. The van der Waals surface area contributed by atoms with Gasteiger partial charge in [-0.3, -0.25) is 9.59 Å². The second-order valence-corrected chi connectivity index (χ2v) is 7.04. The van der Waals surface area contributed by atoms with Gasteiger partial charge in [-0.05, 0) is 34.0 Å². The summed E-state index contributed by atoms with van der Waals surface area (Å²) >= 11 is 0. The number of hydrogen-bond acceptors (Lipinski definition) is 2. The molecule has 0 unspecified atom stereocenters. The number of alkyl halides is 3. The summed E-state index contributed by atoms with van der Waals surface area (Å²) in [7, 11) is 1.49. The van der Waals surface area contributed by atoms with Crippen molar-refractivity contribution in [2.45, 2.75) is 19.1 Å². The van der Waals surface area contributed by atoms with E-state index in [1.54, 1.807) is 0 Å². The van der Waals surface area contributed by atoms with E-state index in [-0.39, 0.29) is 25.4 Å². The molecule has 3 rings (SSSR count). The molecule has 0 radical (unpaired) electrons. The van der Waals surface area contributed by atoms with Gasteiger partial charge in [-0.15, -0.1) is 0 Å². The zero-order valence-electron chi connectivity index (χ0n) is 16.4. The van der Waals surface area contributed by atoms with Crippen LogP contribution < -0.4 is 5.32 Å². The molecule has 2 amide bonds. The summed E-state index contributed by atoms with van der Waals surface area (Å²) in [5.74, 6) is -0.689. The number of nitrogens with zero attached hydrogens (tertiary/aromatic N) is 1. The number of carbonyl (C=O) groups is 2. The highest BCUT2D eigenvalue weighted by Crippen LogP contribution is 2.29. The number of nitrogens with one attached hydrogen (secondary N) is 1. The van der Waals surface area contributed by atoms with Crippen molar-refractivity contribution in [1.82, 2.24) is 10.2 Å². The quantitative estimate of drug-likeness (QED) is 0.658. The van der Waals surface area contributed by atoms with Gasteiger partial charge in [-0.1, -0.05) is 54.6 Å². The van der Waals surface area contributed by atoms with Crippen LogP contribution in [0.5, 0.6) is 0 Å². The average molecular weight is 414 g/mol. The van der Waals surface area contributed by atoms with Crippen molar-refractivity contribution in [2.75, 3.05) is 13.6 Å². The molecular weight excluding hydrogens is 393 g/mol. The van der Waals surface area contributed by atoms with E-state index in [9.17, 15) is 22.8 Å². The Morgan fingerprint density at radius 1 is 0.967 bits per heavy atom. The highest BCUT2D eigenvalue weighted by atomic mass is 19.4. The van der Waals surface area contributed by atoms with E-state index < -0.39 is 17.6 Å². The van der Waals surface area contributed by atoms with Gasteiger partial charge < -0.3 is 10.2 Å².